The maximum atomic E-state index is 11.8. The van der Waals surface area contributed by atoms with Gasteiger partial charge in [0.15, 0.2) is 5.78 Å². The molecule has 0 radical (unpaired) electrons. The highest BCUT2D eigenvalue weighted by Crippen LogP contribution is 2.41. The van der Waals surface area contributed by atoms with Gasteiger partial charge in [-0.15, -0.1) is 0 Å². The second-order valence-corrected chi connectivity index (χ2v) is 5.35. The van der Waals surface area contributed by atoms with Crippen LogP contribution in [0.15, 0.2) is 12.1 Å². The molecule has 0 aliphatic carbocycles. The van der Waals surface area contributed by atoms with Crippen LogP contribution in [0.4, 0.5) is 0 Å². The Balaban J connectivity index is 2.37. The summed E-state index contributed by atoms with van der Waals surface area (Å²) >= 11 is 6.14. The van der Waals surface area contributed by atoms with Gasteiger partial charge in [0.25, 0.3) is 0 Å². The molecule has 3 nitrogen and oxygen atoms in total. The standard InChI is InChI=1S/C13H16ClNO2/c1-13(2)7-9-5-8(11(16)3-4-15)6-10(14)12(9)17-13/h5-6H,3-4,7,15H2,1-2H3. The Labute approximate surface area is 106 Å². The molecule has 92 valence electrons. The molecule has 0 amide bonds. The van der Waals surface area contributed by atoms with Crippen molar-refractivity contribution >= 4 is 17.4 Å². The summed E-state index contributed by atoms with van der Waals surface area (Å²) in [6.07, 6.45) is 1.12. The molecule has 0 bridgehead atoms. The zero-order valence-electron chi connectivity index (χ0n) is 10.0. The van der Waals surface area contributed by atoms with Crippen LogP contribution in [0.2, 0.25) is 5.02 Å². The molecule has 0 unspecified atom stereocenters. The zero-order valence-corrected chi connectivity index (χ0v) is 10.8. The highest BCUT2D eigenvalue weighted by Gasteiger charge is 2.32. The first-order chi connectivity index (χ1) is 7.93. The molecule has 0 fully saturated rings. The Morgan fingerprint density at radius 2 is 2.24 bits per heavy atom. The number of fused-ring (bicyclic) bond motifs is 1. The lowest BCUT2D eigenvalue weighted by atomic mass is 9.98. The number of hydrogen-bond donors (Lipinski definition) is 1. The number of ketones is 1. The van der Waals surface area contributed by atoms with Gasteiger partial charge in [-0.25, -0.2) is 0 Å². The van der Waals surface area contributed by atoms with Crippen LogP contribution < -0.4 is 10.5 Å². The molecule has 0 saturated heterocycles. The minimum absolute atomic E-state index is 0.0295. The van der Waals surface area contributed by atoms with E-state index in [1.807, 2.05) is 19.9 Å². The summed E-state index contributed by atoms with van der Waals surface area (Å²) in [5, 5.41) is 0.508. The van der Waals surface area contributed by atoms with Crippen molar-refractivity contribution in [1.29, 1.82) is 0 Å². The Hall–Kier alpha value is -1.06. The maximum Gasteiger partial charge on any atom is 0.164 e. The molecular formula is C13H16ClNO2. The quantitative estimate of drug-likeness (QED) is 0.843. The number of rotatable bonds is 3. The number of hydrogen-bond acceptors (Lipinski definition) is 3. The van der Waals surface area contributed by atoms with Crippen LogP contribution in [0.1, 0.15) is 36.2 Å². The summed E-state index contributed by atoms with van der Waals surface area (Å²) in [6.45, 7) is 4.37. The van der Waals surface area contributed by atoms with Crippen LogP contribution >= 0.6 is 11.6 Å². The largest absolute Gasteiger partial charge is 0.486 e. The number of nitrogens with two attached hydrogens (primary N) is 1. The molecule has 1 aliphatic heterocycles. The Morgan fingerprint density at radius 1 is 1.53 bits per heavy atom. The summed E-state index contributed by atoms with van der Waals surface area (Å²) in [6, 6.07) is 3.54. The van der Waals surface area contributed by atoms with E-state index in [1.54, 1.807) is 6.07 Å². The van der Waals surface area contributed by atoms with E-state index in [2.05, 4.69) is 0 Å². The average molecular weight is 254 g/mol. The molecule has 17 heavy (non-hydrogen) atoms. The minimum Gasteiger partial charge on any atom is -0.486 e. The zero-order chi connectivity index (χ0) is 12.6. The SMILES string of the molecule is CC1(C)Cc2cc(C(=O)CCN)cc(Cl)c2O1. The number of benzene rings is 1. The summed E-state index contributed by atoms with van der Waals surface area (Å²) in [7, 11) is 0. The van der Waals surface area contributed by atoms with E-state index >= 15 is 0 Å². The lowest BCUT2D eigenvalue weighted by Gasteiger charge is -2.17. The third kappa shape index (κ3) is 2.45. The van der Waals surface area contributed by atoms with Crippen molar-refractivity contribution in [3.63, 3.8) is 0 Å². The van der Waals surface area contributed by atoms with Gasteiger partial charge >= 0.3 is 0 Å². The molecule has 0 aromatic heterocycles. The molecule has 1 heterocycles. The maximum absolute atomic E-state index is 11.8. The molecule has 1 aromatic carbocycles. The summed E-state index contributed by atoms with van der Waals surface area (Å²) in [5.74, 6) is 0.739. The molecule has 2 N–H and O–H groups in total. The van der Waals surface area contributed by atoms with Crippen LogP contribution in [0.5, 0.6) is 5.75 Å². The second-order valence-electron chi connectivity index (χ2n) is 4.95. The van der Waals surface area contributed by atoms with Gasteiger partial charge in [-0.2, -0.15) is 0 Å². The third-order valence-corrected chi connectivity index (χ3v) is 3.09. The van der Waals surface area contributed by atoms with Crippen LogP contribution in [0, 0.1) is 0 Å². The first-order valence-electron chi connectivity index (χ1n) is 5.67. The van der Waals surface area contributed by atoms with E-state index in [4.69, 9.17) is 22.1 Å². The highest BCUT2D eigenvalue weighted by atomic mass is 35.5. The highest BCUT2D eigenvalue weighted by molar-refractivity contribution is 6.32. The average Bonchev–Trinajstić information content (AvgIpc) is 2.53. The Bertz CT molecular complexity index is 469. The van der Waals surface area contributed by atoms with Crippen molar-refractivity contribution in [3.8, 4) is 5.75 Å². The number of Topliss-reactive ketones (excluding diaryl/α,β-unsaturated/α-hetero) is 1. The predicted octanol–water partition coefficient (Wildman–Crippen LogP) is 2.58. The number of carbonyl (C=O) groups is 1. The van der Waals surface area contributed by atoms with Gasteiger partial charge in [0.1, 0.15) is 11.4 Å². The van der Waals surface area contributed by atoms with Crippen molar-refractivity contribution in [2.75, 3.05) is 6.54 Å². The van der Waals surface area contributed by atoms with Crippen molar-refractivity contribution < 1.29 is 9.53 Å². The summed E-state index contributed by atoms with van der Waals surface area (Å²) in [5.41, 5.74) is 6.76. The summed E-state index contributed by atoms with van der Waals surface area (Å²) < 4.78 is 5.75. The number of halogens is 1. The minimum atomic E-state index is -0.249. The van der Waals surface area contributed by atoms with Crippen LogP contribution in [0.3, 0.4) is 0 Å². The third-order valence-electron chi connectivity index (χ3n) is 2.81. The molecule has 0 spiro atoms. The van der Waals surface area contributed by atoms with Crippen molar-refractivity contribution in [3.05, 3.63) is 28.3 Å². The van der Waals surface area contributed by atoms with Crippen molar-refractivity contribution in [2.24, 2.45) is 5.73 Å². The van der Waals surface area contributed by atoms with Crippen molar-refractivity contribution in [1.82, 2.24) is 0 Å². The predicted molar refractivity (Wildman–Crippen MR) is 67.9 cm³/mol. The fraction of sp³-hybridized carbons (Fsp3) is 0.462. The molecule has 2 rings (SSSR count). The molecule has 0 atom stereocenters. The topological polar surface area (TPSA) is 52.3 Å². The van der Waals surface area contributed by atoms with E-state index < -0.39 is 0 Å². The van der Waals surface area contributed by atoms with Gasteiger partial charge in [-0.05, 0) is 32.5 Å². The fourth-order valence-corrected chi connectivity index (χ4v) is 2.38. The van der Waals surface area contributed by atoms with Gasteiger partial charge < -0.3 is 10.5 Å². The van der Waals surface area contributed by atoms with Crippen molar-refractivity contribution in [2.45, 2.75) is 32.3 Å². The van der Waals surface area contributed by atoms with Gasteiger partial charge in [0, 0.05) is 24.0 Å². The van der Waals surface area contributed by atoms with Crippen LogP contribution in [0.25, 0.3) is 0 Å². The van der Waals surface area contributed by atoms with Gasteiger partial charge in [-0.1, -0.05) is 11.6 Å². The molecule has 1 aliphatic rings. The first-order valence-corrected chi connectivity index (χ1v) is 6.05. The first kappa shape index (κ1) is 12.4. The van der Waals surface area contributed by atoms with Gasteiger partial charge in [0.05, 0.1) is 5.02 Å². The molecular weight excluding hydrogens is 238 g/mol. The molecule has 1 aromatic rings. The molecule has 4 heteroatoms. The smallest absolute Gasteiger partial charge is 0.164 e. The number of ether oxygens (including phenoxy) is 1. The van der Waals surface area contributed by atoms with E-state index in [0.29, 0.717) is 29.3 Å². The fourth-order valence-electron chi connectivity index (χ4n) is 2.10. The summed E-state index contributed by atoms with van der Waals surface area (Å²) in [4.78, 5) is 11.8. The lowest BCUT2D eigenvalue weighted by molar-refractivity contribution is 0.0985. The molecule has 0 saturated carbocycles. The van der Waals surface area contributed by atoms with E-state index in [1.165, 1.54) is 0 Å². The normalized spacial score (nSPS) is 16.5. The van der Waals surface area contributed by atoms with E-state index in [-0.39, 0.29) is 11.4 Å². The van der Waals surface area contributed by atoms with Crippen LogP contribution in [-0.2, 0) is 6.42 Å². The second kappa shape index (κ2) is 4.31. The number of carbonyl (C=O) groups excluding carboxylic acids is 1. The van der Waals surface area contributed by atoms with E-state index in [9.17, 15) is 4.79 Å². The van der Waals surface area contributed by atoms with Gasteiger partial charge in [0.2, 0.25) is 0 Å². The van der Waals surface area contributed by atoms with Crippen LogP contribution in [-0.4, -0.2) is 17.9 Å². The van der Waals surface area contributed by atoms with Gasteiger partial charge in [-0.3, -0.25) is 4.79 Å². The Morgan fingerprint density at radius 3 is 2.88 bits per heavy atom. The lowest BCUT2D eigenvalue weighted by Crippen LogP contribution is -2.24. The Kier molecular flexibility index (Phi) is 3.15. The monoisotopic (exact) mass is 253 g/mol. The van der Waals surface area contributed by atoms with E-state index in [0.717, 1.165) is 12.0 Å².